The van der Waals surface area contributed by atoms with Crippen LogP contribution in [0.3, 0.4) is 0 Å². The van der Waals surface area contributed by atoms with Gasteiger partial charge in [-0.3, -0.25) is 9.48 Å². The van der Waals surface area contributed by atoms with E-state index in [4.69, 9.17) is 0 Å². The Bertz CT molecular complexity index is 667. The Kier molecular flexibility index (Phi) is 4.52. The van der Waals surface area contributed by atoms with Gasteiger partial charge in [-0.05, 0) is 18.1 Å². The first kappa shape index (κ1) is 15.2. The van der Waals surface area contributed by atoms with Crippen LogP contribution in [0, 0.1) is 0 Å². The summed E-state index contributed by atoms with van der Waals surface area (Å²) < 4.78 is 1.80. The van der Waals surface area contributed by atoms with E-state index < -0.39 is 0 Å². The Morgan fingerprint density at radius 1 is 1.41 bits per heavy atom. The smallest absolute Gasteiger partial charge is 0.254 e. The van der Waals surface area contributed by atoms with E-state index in [9.17, 15) is 4.79 Å². The van der Waals surface area contributed by atoms with Gasteiger partial charge < -0.3 is 4.90 Å². The molecule has 1 aromatic carbocycles. The lowest BCUT2D eigenvalue weighted by molar-refractivity contribution is 0.0700. The summed E-state index contributed by atoms with van der Waals surface area (Å²) in [6.45, 7) is 2.89. The molecule has 0 aliphatic carbocycles. The van der Waals surface area contributed by atoms with Crippen molar-refractivity contribution in [1.29, 1.82) is 0 Å². The van der Waals surface area contributed by atoms with Crippen molar-refractivity contribution in [3.05, 3.63) is 53.3 Å². The Morgan fingerprint density at radius 3 is 2.95 bits per heavy atom. The van der Waals surface area contributed by atoms with E-state index in [2.05, 4.69) is 12.0 Å². The first-order valence-corrected chi connectivity index (χ1v) is 8.81. The molecule has 116 valence electrons. The quantitative estimate of drug-likeness (QED) is 0.874. The number of aryl methyl sites for hydroxylation is 2. The number of rotatable bonds is 3. The monoisotopic (exact) mass is 315 g/mol. The van der Waals surface area contributed by atoms with E-state index in [1.807, 2.05) is 60.4 Å². The molecule has 0 spiro atoms. The largest absolute Gasteiger partial charge is 0.330 e. The van der Waals surface area contributed by atoms with Gasteiger partial charge in [-0.2, -0.15) is 16.9 Å². The maximum Gasteiger partial charge on any atom is 0.254 e. The lowest BCUT2D eigenvalue weighted by Gasteiger charge is -2.35. The third-order valence-electron chi connectivity index (χ3n) is 4.13. The summed E-state index contributed by atoms with van der Waals surface area (Å²) in [5, 5.41) is 4.26. The maximum atomic E-state index is 13.1. The average Bonchev–Trinajstić information content (AvgIpc) is 3.00. The minimum Gasteiger partial charge on any atom is -0.330 e. The number of thioether (sulfide) groups is 1. The second-order valence-electron chi connectivity index (χ2n) is 5.55. The van der Waals surface area contributed by atoms with Crippen LogP contribution in [-0.2, 0) is 13.5 Å². The zero-order chi connectivity index (χ0) is 15.5. The van der Waals surface area contributed by atoms with Gasteiger partial charge >= 0.3 is 0 Å². The molecule has 2 heterocycles. The van der Waals surface area contributed by atoms with Crippen molar-refractivity contribution in [1.82, 2.24) is 14.7 Å². The summed E-state index contributed by atoms with van der Waals surface area (Å²) in [4.78, 5) is 15.1. The Morgan fingerprint density at radius 2 is 2.23 bits per heavy atom. The van der Waals surface area contributed by atoms with Crippen molar-refractivity contribution >= 4 is 17.7 Å². The number of nitrogens with zero attached hydrogens (tertiary/aromatic N) is 3. The van der Waals surface area contributed by atoms with Crippen LogP contribution in [0.4, 0.5) is 0 Å². The maximum absolute atomic E-state index is 13.1. The second-order valence-corrected chi connectivity index (χ2v) is 6.70. The minimum absolute atomic E-state index is 0.116. The molecule has 0 radical (unpaired) electrons. The molecule has 1 aromatic heterocycles. The number of amides is 1. The Labute approximate surface area is 135 Å². The van der Waals surface area contributed by atoms with Crippen molar-refractivity contribution in [2.45, 2.75) is 19.4 Å². The van der Waals surface area contributed by atoms with Gasteiger partial charge in [0, 0.05) is 42.4 Å². The minimum atomic E-state index is 0.116. The standard InChI is InChI=1S/C17H21N3OS/c1-3-13-6-4-5-7-15(13)17(21)20-8-9-22-12-16(20)14-10-18-19(2)11-14/h4-7,10-11,16H,3,8-9,12H2,1-2H3/t16-/m0/s1. The molecule has 2 aromatic rings. The van der Waals surface area contributed by atoms with Crippen LogP contribution < -0.4 is 0 Å². The summed E-state index contributed by atoms with van der Waals surface area (Å²) in [6, 6.07) is 8.06. The van der Waals surface area contributed by atoms with Crippen LogP contribution in [0.25, 0.3) is 0 Å². The second kappa shape index (κ2) is 6.57. The number of aromatic nitrogens is 2. The Balaban J connectivity index is 1.91. The van der Waals surface area contributed by atoms with Crippen LogP contribution in [0.15, 0.2) is 36.7 Å². The lowest BCUT2D eigenvalue weighted by atomic mass is 10.0. The molecule has 1 aliphatic rings. The first-order valence-electron chi connectivity index (χ1n) is 7.66. The summed E-state index contributed by atoms with van der Waals surface area (Å²) in [6.07, 6.45) is 4.77. The molecule has 1 atom stereocenters. The number of carbonyl (C=O) groups excluding carboxylic acids is 1. The zero-order valence-electron chi connectivity index (χ0n) is 13.0. The number of hydrogen-bond acceptors (Lipinski definition) is 3. The molecule has 1 amide bonds. The molecule has 5 heteroatoms. The fourth-order valence-corrected chi connectivity index (χ4v) is 4.02. The van der Waals surface area contributed by atoms with Crippen LogP contribution in [0.5, 0.6) is 0 Å². The highest BCUT2D eigenvalue weighted by Gasteiger charge is 2.30. The van der Waals surface area contributed by atoms with Gasteiger partial charge in [0.1, 0.15) is 0 Å². The highest BCUT2D eigenvalue weighted by Crippen LogP contribution is 2.31. The van der Waals surface area contributed by atoms with E-state index in [1.165, 1.54) is 0 Å². The van der Waals surface area contributed by atoms with Crippen LogP contribution >= 0.6 is 11.8 Å². The van der Waals surface area contributed by atoms with Crippen LogP contribution in [0.1, 0.15) is 34.5 Å². The van der Waals surface area contributed by atoms with E-state index >= 15 is 0 Å². The van der Waals surface area contributed by atoms with E-state index in [-0.39, 0.29) is 11.9 Å². The van der Waals surface area contributed by atoms with Crippen molar-refractivity contribution in [3.8, 4) is 0 Å². The van der Waals surface area contributed by atoms with Gasteiger partial charge in [-0.15, -0.1) is 0 Å². The molecule has 1 aliphatic heterocycles. The highest BCUT2D eigenvalue weighted by atomic mass is 32.2. The Hall–Kier alpha value is -1.75. The first-order chi connectivity index (χ1) is 10.7. The highest BCUT2D eigenvalue weighted by molar-refractivity contribution is 7.99. The molecule has 22 heavy (non-hydrogen) atoms. The molecule has 0 N–H and O–H groups in total. The fourth-order valence-electron chi connectivity index (χ4n) is 2.93. The molecule has 0 bridgehead atoms. The van der Waals surface area contributed by atoms with Gasteiger partial charge in [-0.1, -0.05) is 25.1 Å². The van der Waals surface area contributed by atoms with Crippen molar-refractivity contribution in [2.75, 3.05) is 18.1 Å². The number of carbonyl (C=O) groups is 1. The number of benzene rings is 1. The summed E-state index contributed by atoms with van der Waals surface area (Å²) >= 11 is 1.90. The van der Waals surface area contributed by atoms with E-state index in [1.54, 1.807) is 4.68 Å². The number of hydrogen-bond donors (Lipinski definition) is 0. The molecule has 1 fully saturated rings. The summed E-state index contributed by atoms with van der Waals surface area (Å²) in [5.74, 6) is 2.08. The van der Waals surface area contributed by atoms with E-state index in [0.717, 1.165) is 41.2 Å². The lowest BCUT2D eigenvalue weighted by Crippen LogP contribution is -2.41. The van der Waals surface area contributed by atoms with E-state index in [0.29, 0.717) is 0 Å². The zero-order valence-corrected chi connectivity index (χ0v) is 13.8. The predicted molar refractivity (Wildman–Crippen MR) is 90.1 cm³/mol. The average molecular weight is 315 g/mol. The van der Waals surface area contributed by atoms with Crippen LogP contribution in [0.2, 0.25) is 0 Å². The molecule has 0 saturated carbocycles. The molecule has 3 rings (SSSR count). The van der Waals surface area contributed by atoms with Crippen molar-refractivity contribution in [3.63, 3.8) is 0 Å². The molecular formula is C17H21N3OS. The molecular weight excluding hydrogens is 294 g/mol. The predicted octanol–water partition coefficient (Wildman–Crippen LogP) is 2.91. The van der Waals surface area contributed by atoms with Gasteiger partial charge in [0.05, 0.1) is 12.2 Å². The van der Waals surface area contributed by atoms with Crippen molar-refractivity contribution < 1.29 is 4.79 Å². The topological polar surface area (TPSA) is 38.1 Å². The third kappa shape index (κ3) is 2.90. The van der Waals surface area contributed by atoms with Gasteiger partial charge in [-0.25, -0.2) is 0 Å². The van der Waals surface area contributed by atoms with Gasteiger partial charge in [0.15, 0.2) is 0 Å². The van der Waals surface area contributed by atoms with Crippen molar-refractivity contribution in [2.24, 2.45) is 7.05 Å². The summed E-state index contributed by atoms with van der Waals surface area (Å²) in [7, 11) is 1.91. The molecule has 1 saturated heterocycles. The third-order valence-corrected chi connectivity index (χ3v) is 5.15. The fraction of sp³-hybridized carbons (Fsp3) is 0.412. The van der Waals surface area contributed by atoms with Gasteiger partial charge in [0.2, 0.25) is 0 Å². The summed E-state index contributed by atoms with van der Waals surface area (Å²) in [5.41, 5.74) is 3.08. The van der Waals surface area contributed by atoms with Gasteiger partial charge in [0.25, 0.3) is 5.91 Å². The SMILES string of the molecule is CCc1ccccc1C(=O)N1CCSC[C@H]1c1cnn(C)c1. The normalized spacial score (nSPS) is 18.5. The van der Waals surface area contributed by atoms with Crippen LogP contribution in [-0.4, -0.2) is 38.6 Å². The molecule has 4 nitrogen and oxygen atoms in total. The molecule has 0 unspecified atom stereocenters.